The van der Waals surface area contributed by atoms with Crippen LogP contribution in [0.2, 0.25) is 0 Å². The van der Waals surface area contributed by atoms with E-state index < -0.39 is 0 Å². The second-order valence-electron chi connectivity index (χ2n) is 5.32. The Morgan fingerprint density at radius 3 is 2.24 bits per heavy atom. The first-order chi connectivity index (χ1) is 9.84. The predicted molar refractivity (Wildman–Crippen MR) is 87.2 cm³/mol. The van der Waals surface area contributed by atoms with Crippen LogP contribution in [-0.4, -0.2) is 0 Å². The summed E-state index contributed by atoms with van der Waals surface area (Å²) in [6.07, 6.45) is 0. The first-order valence-corrected chi connectivity index (χ1v) is 6.98. The molecule has 0 fully saturated rings. The molecule has 0 aliphatic carbocycles. The van der Waals surface area contributed by atoms with Gasteiger partial charge in [0.15, 0.2) is 0 Å². The molecule has 100 valence electrons. The minimum atomic E-state index is 0. The van der Waals surface area contributed by atoms with Crippen LogP contribution in [0.4, 0.5) is 0 Å². The van der Waals surface area contributed by atoms with Crippen molar-refractivity contribution in [1.29, 1.82) is 0 Å². The van der Waals surface area contributed by atoms with E-state index in [1.165, 1.54) is 38.2 Å². The summed E-state index contributed by atoms with van der Waals surface area (Å²) >= 11 is 0. The summed E-state index contributed by atoms with van der Waals surface area (Å²) in [6.45, 7) is 2.21. The Bertz CT molecular complexity index is 910. The standard InChI is InChI=1S/C20H15.Ti/c1-14-13-16-8-3-5-11-18(16)20(14)19-12-6-9-15-7-2-4-10-17(15)19;/h2-13H,1H3;/q-1;. The Kier molecular flexibility index (Phi) is 3.76. The maximum atomic E-state index is 2.28. The normalized spacial score (nSPS) is 10.7. The molecule has 4 aromatic carbocycles. The molecule has 0 saturated carbocycles. The quantitative estimate of drug-likeness (QED) is 0.313. The van der Waals surface area contributed by atoms with Gasteiger partial charge in [-0.1, -0.05) is 61.0 Å². The third-order valence-corrected chi connectivity index (χ3v) is 4.06. The van der Waals surface area contributed by atoms with E-state index in [0.29, 0.717) is 0 Å². The molecular weight excluding hydrogens is 288 g/mol. The number of benzene rings is 3. The third kappa shape index (κ3) is 2.25. The van der Waals surface area contributed by atoms with Gasteiger partial charge >= 0.3 is 0 Å². The first-order valence-electron chi connectivity index (χ1n) is 6.98. The summed E-state index contributed by atoms with van der Waals surface area (Å²) in [6, 6.07) is 26.1. The second-order valence-corrected chi connectivity index (χ2v) is 5.32. The Hall–Kier alpha value is -1.76. The fraction of sp³-hybridized carbons (Fsp3) is 0.0500. The summed E-state index contributed by atoms with van der Waals surface area (Å²) in [4.78, 5) is 0. The van der Waals surface area contributed by atoms with Crippen LogP contribution in [0.25, 0.3) is 32.7 Å². The van der Waals surface area contributed by atoms with Crippen LogP contribution >= 0.6 is 0 Å². The van der Waals surface area contributed by atoms with E-state index in [0.717, 1.165) is 0 Å². The van der Waals surface area contributed by atoms with Gasteiger partial charge in [-0.05, 0) is 10.8 Å². The summed E-state index contributed by atoms with van der Waals surface area (Å²) in [5.41, 5.74) is 4.06. The van der Waals surface area contributed by atoms with Gasteiger partial charge in [0.05, 0.1) is 0 Å². The van der Waals surface area contributed by atoms with Gasteiger partial charge in [-0.15, -0.1) is 46.2 Å². The van der Waals surface area contributed by atoms with E-state index in [4.69, 9.17) is 0 Å². The molecule has 0 bridgehead atoms. The zero-order valence-corrected chi connectivity index (χ0v) is 13.5. The van der Waals surface area contributed by atoms with Crippen LogP contribution in [0.1, 0.15) is 5.56 Å². The van der Waals surface area contributed by atoms with Crippen LogP contribution in [0.3, 0.4) is 0 Å². The number of rotatable bonds is 1. The smallest absolute Gasteiger partial charge is 0 e. The SMILES string of the molecule is Cc1[cH-]c2ccccc2c1-c1cccc2ccccc12.[Ti]. The fourth-order valence-corrected chi connectivity index (χ4v) is 3.17. The monoisotopic (exact) mass is 303 g/mol. The summed E-state index contributed by atoms with van der Waals surface area (Å²) in [5, 5.41) is 5.30. The van der Waals surface area contributed by atoms with Crippen molar-refractivity contribution in [2.45, 2.75) is 6.92 Å². The molecule has 0 aliphatic rings. The van der Waals surface area contributed by atoms with Crippen molar-refractivity contribution in [2.75, 3.05) is 0 Å². The zero-order chi connectivity index (χ0) is 13.5. The van der Waals surface area contributed by atoms with Gasteiger partial charge in [0.1, 0.15) is 0 Å². The Labute approximate surface area is 139 Å². The van der Waals surface area contributed by atoms with E-state index in [-0.39, 0.29) is 21.7 Å². The van der Waals surface area contributed by atoms with Gasteiger partial charge in [-0.3, -0.25) is 0 Å². The van der Waals surface area contributed by atoms with Gasteiger partial charge < -0.3 is 0 Å². The average Bonchev–Trinajstić information content (AvgIpc) is 2.82. The Morgan fingerprint density at radius 1 is 0.714 bits per heavy atom. The van der Waals surface area contributed by atoms with Crippen molar-refractivity contribution in [2.24, 2.45) is 0 Å². The van der Waals surface area contributed by atoms with Crippen LogP contribution in [0, 0.1) is 6.92 Å². The first kappa shape index (κ1) is 14.2. The van der Waals surface area contributed by atoms with Crippen LogP contribution < -0.4 is 0 Å². The average molecular weight is 303 g/mol. The van der Waals surface area contributed by atoms with Crippen LogP contribution in [0.15, 0.2) is 72.8 Å². The number of hydrogen-bond acceptors (Lipinski definition) is 0. The molecule has 0 amide bonds. The molecule has 0 aliphatic heterocycles. The molecule has 0 atom stereocenters. The molecule has 0 radical (unpaired) electrons. The van der Waals surface area contributed by atoms with Crippen molar-refractivity contribution in [3.8, 4) is 11.1 Å². The predicted octanol–water partition coefficient (Wildman–Crippen LogP) is 5.68. The van der Waals surface area contributed by atoms with Gasteiger partial charge in [0.25, 0.3) is 0 Å². The number of fused-ring (bicyclic) bond motifs is 2. The summed E-state index contributed by atoms with van der Waals surface area (Å²) in [7, 11) is 0. The second kappa shape index (κ2) is 5.56. The van der Waals surface area contributed by atoms with Gasteiger partial charge in [0.2, 0.25) is 0 Å². The van der Waals surface area contributed by atoms with Crippen molar-refractivity contribution >= 4 is 21.5 Å². The molecule has 0 heterocycles. The van der Waals surface area contributed by atoms with Gasteiger partial charge in [0, 0.05) is 21.7 Å². The number of aryl methyl sites for hydroxylation is 1. The topological polar surface area (TPSA) is 0 Å². The minimum Gasteiger partial charge on any atom is -0.149 e. The van der Waals surface area contributed by atoms with Crippen molar-refractivity contribution in [3.63, 3.8) is 0 Å². The molecule has 0 spiro atoms. The van der Waals surface area contributed by atoms with Crippen LogP contribution in [0.5, 0.6) is 0 Å². The molecular formula is C20H15Ti-. The largest absolute Gasteiger partial charge is 0.149 e. The molecule has 4 aromatic rings. The molecule has 0 saturated heterocycles. The molecule has 0 unspecified atom stereocenters. The maximum Gasteiger partial charge on any atom is 0 e. The zero-order valence-electron chi connectivity index (χ0n) is 11.9. The van der Waals surface area contributed by atoms with E-state index in [1.54, 1.807) is 0 Å². The molecule has 21 heavy (non-hydrogen) atoms. The Morgan fingerprint density at radius 2 is 1.38 bits per heavy atom. The Balaban J connectivity index is 0.00000132. The van der Waals surface area contributed by atoms with Crippen molar-refractivity contribution < 1.29 is 21.7 Å². The van der Waals surface area contributed by atoms with Crippen molar-refractivity contribution in [1.82, 2.24) is 0 Å². The van der Waals surface area contributed by atoms with E-state index in [9.17, 15) is 0 Å². The van der Waals surface area contributed by atoms with E-state index in [2.05, 4.69) is 79.7 Å². The fourth-order valence-electron chi connectivity index (χ4n) is 3.17. The number of hydrogen-bond donors (Lipinski definition) is 0. The maximum absolute atomic E-state index is 2.28. The van der Waals surface area contributed by atoms with Crippen LogP contribution in [-0.2, 0) is 21.7 Å². The van der Waals surface area contributed by atoms with Gasteiger partial charge in [-0.25, -0.2) is 0 Å². The molecule has 0 nitrogen and oxygen atoms in total. The third-order valence-electron chi connectivity index (χ3n) is 4.06. The summed E-state index contributed by atoms with van der Waals surface area (Å²) < 4.78 is 0. The van der Waals surface area contributed by atoms with E-state index in [1.807, 2.05) is 0 Å². The summed E-state index contributed by atoms with van der Waals surface area (Å²) in [5.74, 6) is 0. The molecule has 0 N–H and O–H groups in total. The molecule has 0 aromatic heterocycles. The molecule has 4 rings (SSSR count). The van der Waals surface area contributed by atoms with Crippen molar-refractivity contribution in [3.05, 3.63) is 78.4 Å². The minimum absolute atomic E-state index is 0. The van der Waals surface area contributed by atoms with E-state index >= 15 is 0 Å². The molecule has 1 heteroatoms. The van der Waals surface area contributed by atoms with Gasteiger partial charge in [-0.2, -0.15) is 0 Å².